The first kappa shape index (κ1) is 22.2. The Morgan fingerprint density at radius 3 is 2.44 bits per heavy atom. The van der Waals surface area contributed by atoms with E-state index in [1.54, 1.807) is 14.2 Å². The van der Waals surface area contributed by atoms with Crippen LogP contribution in [-0.4, -0.2) is 43.5 Å². The average Bonchev–Trinajstić information content (AvgIpc) is 2.97. The van der Waals surface area contributed by atoms with Gasteiger partial charge in [-0.3, -0.25) is 9.59 Å². The first-order valence-electron chi connectivity index (χ1n) is 11.5. The number of nitrogens with one attached hydrogen (secondary N) is 1. The van der Waals surface area contributed by atoms with Crippen LogP contribution in [0.3, 0.4) is 0 Å². The van der Waals surface area contributed by atoms with Crippen LogP contribution in [0.4, 0.5) is 0 Å². The van der Waals surface area contributed by atoms with Crippen molar-refractivity contribution in [2.24, 2.45) is 0 Å². The molecule has 0 bridgehead atoms. The fourth-order valence-corrected chi connectivity index (χ4v) is 4.98. The van der Waals surface area contributed by atoms with Crippen molar-refractivity contribution in [3.05, 3.63) is 59.2 Å². The number of fused-ring (bicyclic) bond motifs is 1. The monoisotopic (exact) mass is 436 g/mol. The van der Waals surface area contributed by atoms with Crippen LogP contribution in [0.1, 0.15) is 66.1 Å². The minimum absolute atomic E-state index is 0.00691. The second-order valence-corrected chi connectivity index (χ2v) is 8.58. The van der Waals surface area contributed by atoms with Crippen LogP contribution in [0.25, 0.3) is 0 Å². The van der Waals surface area contributed by atoms with Gasteiger partial charge in [0.2, 0.25) is 5.91 Å². The summed E-state index contributed by atoms with van der Waals surface area (Å²) in [5.74, 6) is 1.24. The van der Waals surface area contributed by atoms with Crippen LogP contribution in [0.2, 0.25) is 0 Å². The van der Waals surface area contributed by atoms with Crippen LogP contribution < -0.4 is 14.8 Å². The number of amides is 2. The van der Waals surface area contributed by atoms with Gasteiger partial charge in [-0.1, -0.05) is 49.9 Å². The normalized spacial score (nSPS) is 18.8. The zero-order valence-electron chi connectivity index (χ0n) is 18.9. The number of nitrogens with zero attached hydrogens (tertiary/aromatic N) is 1. The molecule has 6 nitrogen and oxygen atoms in total. The van der Waals surface area contributed by atoms with Gasteiger partial charge >= 0.3 is 0 Å². The molecule has 0 saturated heterocycles. The summed E-state index contributed by atoms with van der Waals surface area (Å²) in [6, 6.07) is 12.9. The fourth-order valence-electron chi connectivity index (χ4n) is 4.98. The molecule has 2 aromatic carbocycles. The van der Waals surface area contributed by atoms with Gasteiger partial charge in [0, 0.05) is 18.2 Å². The molecule has 170 valence electrons. The molecular weight excluding hydrogens is 404 g/mol. The van der Waals surface area contributed by atoms with Gasteiger partial charge in [0.25, 0.3) is 5.91 Å². The van der Waals surface area contributed by atoms with Crippen molar-refractivity contribution in [1.82, 2.24) is 10.2 Å². The number of ether oxygens (including phenoxy) is 2. The topological polar surface area (TPSA) is 67.9 Å². The number of methoxy groups -OCH3 is 2. The molecule has 32 heavy (non-hydrogen) atoms. The Morgan fingerprint density at radius 1 is 1.00 bits per heavy atom. The molecule has 0 spiro atoms. The van der Waals surface area contributed by atoms with E-state index in [2.05, 4.69) is 5.32 Å². The van der Waals surface area contributed by atoms with E-state index in [0.717, 1.165) is 36.8 Å². The molecule has 1 fully saturated rings. The molecule has 2 aromatic rings. The van der Waals surface area contributed by atoms with Crippen molar-refractivity contribution in [3.63, 3.8) is 0 Å². The van der Waals surface area contributed by atoms with Crippen molar-refractivity contribution in [3.8, 4) is 11.5 Å². The molecule has 6 heteroatoms. The van der Waals surface area contributed by atoms with E-state index >= 15 is 0 Å². The zero-order valence-corrected chi connectivity index (χ0v) is 18.9. The smallest absolute Gasteiger partial charge is 0.255 e. The molecule has 1 aliphatic carbocycles. The van der Waals surface area contributed by atoms with Gasteiger partial charge in [0.1, 0.15) is 6.04 Å². The van der Waals surface area contributed by atoms with E-state index in [1.807, 2.05) is 47.4 Å². The summed E-state index contributed by atoms with van der Waals surface area (Å²) >= 11 is 0. The second-order valence-electron chi connectivity index (χ2n) is 8.58. The van der Waals surface area contributed by atoms with E-state index in [1.165, 1.54) is 12.8 Å². The molecule has 1 heterocycles. The number of hydrogen-bond donors (Lipinski definition) is 1. The predicted octanol–water partition coefficient (Wildman–Crippen LogP) is 4.28. The number of benzene rings is 2. The minimum atomic E-state index is -0.549. The van der Waals surface area contributed by atoms with E-state index in [9.17, 15) is 9.59 Å². The molecule has 0 radical (unpaired) electrons. The molecule has 0 unspecified atom stereocenters. The van der Waals surface area contributed by atoms with Crippen LogP contribution in [0.15, 0.2) is 42.5 Å². The van der Waals surface area contributed by atoms with Gasteiger partial charge in [-0.2, -0.15) is 0 Å². The number of rotatable bonds is 7. The first-order valence-corrected chi connectivity index (χ1v) is 11.5. The van der Waals surface area contributed by atoms with Crippen LogP contribution >= 0.6 is 0 Å². The maximum Gasteiger partial charge on any atom is 0.255 e. The van der Waals surface area contributed by atoms with Crippen LogP contribution in [0, 0.1) is 0 Å². The second kappa shape index (κ2) is 10.1. The Labute approximate surface area is 189 Å². The molecular formula is C26H32N2O4. The van der Waals surface area contributed by atoms with Gasteiger partial charge in [-0.25, -0.2) is 0 Å². The molecule has 0 aromatic heterocycles. The summed E-state index contributed by atoms with van der Waals surface area (Å²) in [7, 11) is 3.22. The standard InChI is InChI=1S/C26H32N2O4/c1-31-22-14-13-18(17-23(22)32-2)15-16-27-25(29)24-20-11-7-8-12-21(20)26(30)28(24)19-9-5-3-4-6-10-19/h7-8,11-14,17,19,24H,3-6,9-10,15-16H2,1-2H3,(H,27,29)/t24-/m1/s1. The Balaban J connectivity index is 1.48. The van der Waals surface area contributed by atoms with Gasteiger partial charge in [0.05, 0.1) is 14.2 Å². The molecule has 1 saturated carbocycles. The highest BCUT2D eigenvalue weighted by molar-refractivity contribution is 6.04. The quantitative estimate of drug-likeness (QED) is 0.658. The van der Waals surface area contributed by atoms with Crippen molar-refractivity contribution in [2.75, 3.05) is 20.8 Å². The lowest BCUT2D eigenvalue weighted by Gasteiger charge is -2.32. The molecule has 1 aliphatic heterocycles. The SMILES string of the molecule is COc1ccc(CCNC(=O)[C@H]2c3ccccc3C(=O)N2C2CCCCCC2)cc1OC. The van der Waals surface area contributed by atoms with Crippen molar-refractivity contribution >= 4 is 11.8 Å². The number of carbonyl (C=O) groups is 2. The lowest BCUT2D eigenvalue weighted by molar-refractivity contribution is -0.126. The highest BCUT2D eigenvalue weighted by Gasteiger charge is 2.44. The maximum absolute atomic E-state index is 13.4. The maximum atomic E-state index is 13.4. The zero-order chi connectivity index (χ0) is 22.5. The lowest BCUT2D eigenvalue weighted by atomic mass is 10.0. The molecule has 1 atom stereocenters. The third-order valence-electron chi connectivity index (χ3n) is 6.63. The summed E-state index contributed by atoms with van der Waals surface area (Å²) in [6.07, 6.45) is 7.22. The Kier molecular flexibility index (Phi) is 6.98. The Morgan fingerprint density at radius 2 is 1.72 bits per heavy atom. The highest BCUT2D eigenvalue weighted by atomic mass is 16.5. The predicted molar refractivity (Wildman–Crippen MR) is 123 cm³/mol. The average molecular weight is 437 g/mol. The molecule has 1 N–H and O–H groups in total. The molecule has 2 amide bonds. The van der Waals surface area contributed by atoms with Crippen molar-refractivity contribution < 1.29 is 19.1 Å². The van der Waals surface area contributed by atoms with Crippen molar-refractivity contribution in [2.45, 2.75) is 57.0 Å². The van der Waals surface area contributed by atoms with Crippen LogP contribution in [-0.2, 0) is 11.2 Å². The number of carbonyl (C=O) groups excluding carboxylic acids is 2. The largest absolute Gasteiger partial charge is 0.493 e. The van der Waals surface area contributed by atoms with Gasteiger partial charge < -0.3 is 19.7 Å². The summed E-state index contributed by atoms with van der Waals surface area (Å²) in [5.41, 5.74) is 2.54. The summed E-state index contributed by atoms with van der Waals surface area (Å²) in [4.78, 5) is 28.5. The van der Waals surface area contributed by atoms with E-state index in [0.29, 0.717) is 30.0 Å². The summed E-state index contributed by atoms with van der Waals surface area (Å²) < 4.78 is 10.7. The Hall–Kier alpha value is -3.02. The van der Waals surface area contributed by atoms with Gasteiger partial charge in [0.15, 0.2) is 11.5 Å². The third-order valence-corrected chi connectivity index (χ3v) is 6.63. The Bertz CT molecular complexity index is 966. The summed E-state index contributed by atoms with van der Waals surface area (Å²) in [6.45, 7) is 0.486. The minimum Gasteiger partial charge on any atom is -0.493 e. The molecule has 4 rings (SSSR count). The molecule has 2 aliphatic rings. The van der Waals surface area contributed by atoms with Gasteiger partial charge in [-0.15, -0.1) is 0 Å². The summed E-state index contributed by atoms with van der Waals surface area (Å²) in [5, 5.41) is 3.08. The third kappa shape index (κ3) is 4.45. The highest BCUT2D eigenvalue weighted by Crippen LogP contribution is 2.38. The lowest BCUT2D eigenvalue weighted by Crippen LogP contribution is -2.45. The van der Waals surface area contributed by atoms with Crippen molar-refractivity contribution in [1.29, 1.82) is 0 Å². The van der Waals surface area contributed by atoms with E-state index in [4.69, 9.17) is 9.47 Å². The van der Waals surface area contributed by atoms with E-state index < -0.39 is 6.04 Å². The van der Waals surface area contributed by atoms with E-state index in [-0.39, 0.29) is 17.9 Å². The first-order chi connectivity index (χ1) is 15.6. The number of hydrogen-bond acceptors (Lipinski definition) is 4. The van der Waals surface area contributed by atoms with Gasteiger partial charge in [-0.05, 0) is 48.6 Å². The fraction of sp³-hybridized carbons (Fsp3) is 0.462. The van der Waals surface area contributed by atoms with Crippen LogP contribution in [0.5, 0.6) is 11.5 Å².